The molecule has 0 radical (unpaired) electrons. The molecule has 25 heavy (non-hydrogen) atoms. The SMILES string of the molecule is Cc1cccc(NC(=O)[C@H](C)OC(=O)COc2ccc(C=O)cc2)c1. The zero-order valence-electron chi connectivity index (χ0n) is 14.0. The van der Waals surface area contributed by atoms with Crippen molar-refractivity contribution in [3.8, 4) is 5.75 Å². The highest BCUT2D eigenvalue weighted by atomic mass is 16.6. The average molecular weight is 341 g/mol. The molecule has 0 aliphatic rings. The van der Waals surface area contributed by atoms with Gasteiger partial charge in [-0.1, -0.05) is 12.1 Å². The van der Waals surface area contributed by atoms with Gasteiger partial charge in [-0.25, -0.2) is 4.79 Å². The van der Waals surface area contributed by atoms with Gasteiger partial charge in [0.25, 0.3) is 5.91 Å². The number of amides is 1. The van der Waals surface area contributed by atoms with E-state index in [9.17, 15) is 14.4 Å². The lowest BCUT2D eigenvalue weighted by molar-refractivity contribution is -0.155. The van der Waals surface area contributed by atoms with Crippen LogP contribution in [0.4, 0.5) is 5.69 Å². The van der Waals surface area contributed by atoms with E-state index in [2.05, 4.69) is 5.32 Å². The number of nitrogens with one attached hydrogen (secondary N) is 1. The molecule has 2 aromatic carbocycles. The van der Waals surface area contributed by atoms with Gasteiger partial charge in [-0.15, -0.1) is 0 Å². The van der Waals surface area contributed by atoms with E-state index in [1.807, 2.05) is 25.1 Å². The van der Waals surface area contributed by atoms with E-state index in [-0.39, 0.29) is 6.61 Å². The van der Waals surface area contributed by atoms with Crippen LogP contribution in [0.25, 0.3) is 0 Å². The second kappa shape index (κ2) is 8.63. The minimum atomic E-state index is -0.950. The van der Waals surface area contributed by atoms with Crippen molar-refractivity contribution < 1.29 is 23.9 Å². The van der Waals surface area contributed by atoms with Crippen molar-refractivity contribution in [2.75, 3.05) is 11.9 Å². The van der Waals surface area contributed by atoms with Gasteiger partial charge in [-0.05, 0) is 55.8 Å². The number of carbonyl (C=O) groups is 3. The summed E-state index contributed by atoms with van der Waals surface area (Å²) in [6, 6.07) is 13.6. The molecular weight excluding hydrogens is 322 g/mol. The number of hydrogen-bond donors (Lipinski definition) is 1. The molecule has 0 saturated heterocycles. The van der Waals surface area contributed by atoms with Crippen LogP contribution in [0.1, 0.15) is 22.8 Å². The third kappa shape index (κ3) is 5.76. The molecule has 0 saturated carbocycles. The van der Waals surface area contributed by atoms with Gasteiger partial charge in [-0.3, -0.25) is 9.59 Å². The number of ether oxygens (including phenoxy) is 2. The van der Waals surface area contributed by atoms with Gasteiger partial charge in [0, 0.05) is 11.3 Å². The zero-order valence-corrected chi connectivity index (χ0v) is 14.0. The number of aldehydes is 1. The van der Waals surface area contributed by atoms with Crippen LogP contribution in [0.5, 0.6) is 5.75 Å². The number of aryl methyl sites for hydroxylation is 1. The molecule has 0 spiro atoms. The molecule has 0 aromatic heterocycles. The molecule has 0 heterocycles. The van der Waals surface area contributed by atoms with Crippen molar-refractivity contribution in [3.05, 3.63) is 59.7 Å². The zero-order chi connectivity index (χ0) is 18.2. The summed E-state index contributed by atoms with van der Waals surface area (Å²) in [5, 5.41) is 2.68. The Hall–Kier alpha value is -3.15. The number of benzene rings is 2. The van der Waals surface area contributed by atoms with Gasteiger partial charge in [0.1, 0.15) is 12.0 Å². The minimum Gasteiger partial charge on any atom is -0.482 e. The lowest BCUT2D eigenvalue weighted by atomic mass is 10.2. The second-order valence-electron chi connectivity index (χ2n) is 5.47. The normalized spacial score (nSPS) is 11.3. The predicted molar refractivity (Wildman–Crippen MR) is 92.7 cm³/mol. The number of rotatable bonds is 7. The minimum absolute atomic E-state index is 0.331. The second-order valence-corrected chi connectivity index (χ2v) is 5.47. The molecule has 0 fully saturated rings. The van der Waals surface area contributed by atoms with Crippen LogP contribution in [0, 0.1) is 6.92 Å². The van der Waals surface area contributed by atoms with Gasteiger partial charge in [-0.2, -0.15) is 0 Å². The molecule has 0 aliphatic carbocycles. The lowest BCUT2D eigenvalue weighted by Gasteiger charge is -2.14. The summed E-state index contributed by atoms with van der Waals surface area (Å²) in [5.74, 6) is -0.653. The first-order chi connectivity index (χ1) is 12.0. The maximum Gasteiger partial charge on any atom is 0.344 e. The first-order valence-electron chi connectivity index (χ1n) is 7.73. The van der Waals surface area contributed by atoms with Crippen LogP contribution in [0.15, 0.2) is 48.5 Å². The highest BCUT2D eigenvalue weighted by molar-refractivity contribution is 5.95. The lowest BCUT2D eigenvalue weighted by Crippen LogP contribution is -2.31. The molecule has 6 heteroatoms. The van der Waals surface area contributed by atoms with Gasteiger partial charge in [0.05, 0.1) is 0 Å². The summed E-state index contributed by atoms with van der Waals surface area (Å²) in [7, 11) is 0. The van der Waals surface area contributed by atoms with Crippen LogP contribution >= 0.6 is 0 Å². The third-order valence-corrected chi connectivity index (χ3v) is 3.34. The van der Waals surface area contributed by atoms with E-state index in [0.29, 0.717) is 23.3 Å². The number of carbonyl (C=O) groups excluding carboxylic acids is 3. The van der Waals surface area contributed by atoms with Crippen LogP contribution in [-0.4, -0.2) is 30.9 Å². The molecule has 1 amide bonds. The summed E-state index contributed by atoms with van der Waals surface area (Å²) in [6.07, 6.45) is -0.235. The standard InChI is InChI=1S/C19H19NO5/c1-13-4-3-5-16(10-13)20-19(23)14(2)25-18(22)12-24-17-8-6-15(11-21)7-9-17/h3-11,14H,12H2,1-2H3,(H,20,23)/t14-/m0/s1. The van der Waals surface area contributed by atoms with Crippen LogP contribution in [0.3, 0.4) is 0 Å². The van der Waals surface area contributed by atoms with Gasteiger partial charge < -0.3 is 14.8 Å². The molecular formula is C19H19NO5. The van der Waals surface area contributed by atoms with Gasteiger partial charge >= 0.3 is 5.97 Å². The van der Waals surface area contributed by atoms with Crippen molar-refractivity contribution in [3.63, 3.8) is 0 Å². The van der Waals surface area contributed by atoms with Crippen molar-refractivity contribution in [1.29, 1.82) is 0 Å². The van der Waals surface area contributed by atoms with Gasteiger partial charge in [0.2, 0.25) is 0 Å². The van der Waals surface area contributed by atoms with E-state index < -0.39 is 18.0 Å². The molecule has 2 aromatic rings. The summed E-state index contributed by atoms with van der Waals surface area (Å²) in [6.45, 7) is 3.07. The fourth-order valence-electron chi connectivity index (χ4n) is 2.04. The summed E-state index contributed by atoms with van der Waals surface area (Å²) >= 11 is 0. The Bertz CT molecular complexity index is 755. The highest BCUT2D eigenvalue weighted by Gasteiger charge is 2.18. The Balaban J connectivity index is 1.80. The van der Waals surface area contributed by atoms with Crippen LogP contribution in [0.2, 0.25) is 0 Å². The molecule has 130 valence electrons. The Morgan fingerprint density at radius 3 is 2.52 bits per heavy atom. The van der Waals surface area contributed by atoms with Crippen molar-refractivity contribution in [2.45, 2.75) is 20.0 Å². The summed E-state index contributed by atoms with van der Waals surface area (Å²) < 4.78 is 10.3. The molecule has 0 unspecified atom stereocenters. The fraction of sp³-hybridized carbons (Fsp3) is 0.211. The van der Waals surface area contributed by atoms with E-state index in [1.165, 1.54) is 6.92 Å². The molecule has 0 aliphatic heterocycles. The number of hydrogen-bond acceptors (Lipinski definition) is 5. The third-order valence-electron chi connectivity index (χ3n) is 3.34. The van der Waals surface area contributed by atoms with Crippen molar-refractivity contribution >= 4 is 23.9 Å². The topological polar surface area (TPSA) is 81.7 Å². The molecule has 0 bridgehead atoms. The Morgan fingerprint density at radius 2 is 1.88 bits per heavy atom. The summed E-state index contributed by atoms with van der Waals surface area (Å²) in [5.41, 5.74) is 2.16. The Labute approximate surface area is 145 Å². The summed E-state index contributed by atoms with van der Waals surface area (Å²) in [4.78, 5) is 34.4. The Morgan fingerprint density at radius 1 is 1.16 bits per heavy atom. The molecule has 2 rings (SSSR count). The van der Waals surface area contributed by atoms with Crippen LogP contribution < -0.4 is 10.1 Å². The maximum atomic E-state index is 12.0. The van der Waals surface area contributed by atoms with Crippen molar-refractivity contribution in [1.82, 2.24) is 0 Å². The molecule has 1 N–H and O–H groups in total. The monoisotopic (exact) mass is 341 g/mol. The molecule has 6 nitrogen and oxygen atoms in total. The maximum absolute atomic E-state index is 12.0. The fourth-order valence-corrected chi connectivity index (χ4v) is 2.04. The van der Waals surface area contributed by atoms with E-state index in [4.69, 9.17) is 9.47 Å². The number of anilines is 1. The largest absolute Gasteiger partial charge is 0.482 e. The van der Waals surface area contributed by atoms with E-state index in [1.54, 1.807) is 30.3 Å². The van der Waals surface area contributed by atoms with Gasteiger partial charge in [0.15, 0.2) is 12.7 Å². The van der Waals surface area contributed by atoms with Crippen LogP contribution in [-0.2, 0) is 14.3 Å². The smallest absolute Gasteiger partial charge is 0.344 e. The van der Waals surface area contributed by atoms with E-state index in [0.717, 1.165) is 5.56 Å². The Kier molecular flexibility index (Phi) is 6.28. The van der Waals surface area contributed by atoms with E-state index >= 15 is 0 Å². The number of esters is 1. The molecule has 1 atom stereocenters. The first-order valence-corrected chi connectivity index (χ1v) is 7.73. The predicted octanol–water partition coefficient (Wildman–Crippen LogP) is 2.76. The first kappa shape index (κ1) is 18.2. The highest BCUT2D eigenvalue weighted by Crippen LogP contribution is 2.12. The average Bonchev–Trinajstić information content (AvgIpc) is 2.60. The quantitative estimate of drug-likeness (QED) is 0.618. The van der Waals surface area contributed by atoms with Crippen molar-refractivity contribution in [2.24, 2.45) is 0 Å².